The minimum atomic E-state index is -1.10. The van der Waals surface area contributed by atoms with Gasteiger partial charge in [0.25, 0.3) is 0 Å². The lowest BCUT2D eigenvalue weighted by Crippen LogP contribution is -2.48. The minimum absolute atomic E-state index is 0.0104. The second-order valence-corrected chi connectivity index (χ2v) is 4.63. The van der Waals surface area contributed by atoms with Crippen LogP contribution in [0.3, 0.4) is 0 Å². The van der Waals surface area contributed by atoms with Crippen molar-refractivity contribution in [3.05, 3.63) is 23.8 Å². The van der Waals surface area contributed by atoms with Crippen LogP contribution >= 0.6 is 0 Å². The molecule has 2 unspecified atom stereocenters. The highest BCUT2D eigenvalue weighted by atomic mass is 16.3. The van der Waals surface area contributed by atoms with E-state index in [1.54, 1.807) is 6.08 Å². The molecular formula is C12H20O2. The minimum Gasteiger partial charge on any atom is -0.385 e. The highest BCUT2D eigenvalue weighted by molar-refractivity contribution is 5.31. The van der Waals surface area contributed by atoms with Crippen LogP contribution in [0.5, 0.6) is 0 Å². The fourth-order valence-electron chi connectivity index (χ4n) is 1.78. The molecular weight excluding hydrogens is 176 g/mol. The van der Waals surface area contributed by atoms with Crippen LogP contribution in [0, 0.1) is 11.8 Å². The molecule has 0 radical (unpaired) electrons. The van der Waals surface area contributed by atoms with Gasteiger partial charge in [0.05, 0.1) is 0 Å². The summed E-state index contributed by atoms with van der Waals surface area (Å²) in [6.45, 7) is 7.87. The van der Waals surface area contributed by atoms with Gasteiger partial charge >= 0.3 is 0 Å². The molecule has 1 aliphatic carbocycles. The fourth-order valence-corrected chi connectivity index (χ4v) is 1.78. The van der Waals surface area contributed by atoms with Crippen LogP contribution in [0.4, 0.5) is 0 Å². The molecule has 0 saturated carbocycles. The molecule has 0 aromatic rings. The topological polar surface area (TPSA) is 40.5 Å². The Morgan fingerprint density at radius 3 is 2.29 bits per heavy atom. The first-order chi connectivity index (χ1) is 6.39. The molecule has 2 heteroatoms. The number of rotatable bonds is 2. The van der Waals surface area contributed by atoms with Crippen molar-refractivity contribution in [3.8, 4) is 0 Å². The summed E-state index contributed by atoms with van der Waals surface area (Å²) in [6, 6.07) is 0. The van der Waals surface area contributed by atoms with Crippen molar-refractivity contribution in [1.29, 1.82) is 0 Å². The molecule has 0 aromatic heterocycles. The maximum Gasteiger partial charge on any atom is 0.115 e. The number of allylic oxidation sites excluding steroid dienone is 2. The second kappa shape index (κ2) is 3.87. The van der Waals surface area contributed by atoms with Gasteiger partial charge in [-0.3, -0.25) is 0 Å². The summed E-state index contributed by atoms with van der Waals surface area (Å²) in [6.07, 6.45) is 4.65. The van der Waals surface area contributed by atoms with Crippen LogP contribution in [0.2, 0.25) is 0 Å². The SMILES string of the molecule is CC(C)C1=CC=CC(O)(C(C)C)C1O. The Morgan fingerprint density at radius 2 is 1.86 bits per heavy atom. The molecule has 2 nitrogen and oxygen atoms in total. The zero-order valence-corrected chi connectivity index (χ0v) is 9.36. The van der Waals surface area contributed by atoms with Crippen LogP contribution < -0.4 is 0 Å². The lowest BCUT2D eigenvalue weighted by molar-refractivity contribution is -0.0564. The smallest absolute Gasteiger partial charge is 0.115 e. The molecule has 0 amide bonds. The summed E-state index contributed by atoms with van der Waals surface area (Å²) < 4.78 is 0. The largest absolute Gasteiger partial charge is 0.385 e. The van der Waals surface area contributed by atoms with E-state index in [-0.39, 0.29) is 11.8 Å². The molecule has 0 fully saturated rings. The van der Waals surface area contributed by atoms with Gasteiger partial charge in [0.2, 0.25) is 0 Å². The predicted octanol–water partition coefficient (Wildman–Crippen LogP) is 1.89. The Bertz CT molecular complexity index is 263. The first-order valence-corrected chi connectivity index (χ1v) is 5.19. The van der Waals surface area contributed by atoms with Crippen LogP contribution in [-0.2, 0) is 0 Å². The maximum atomic E-state index is 10.3. The van der Waals surface area contributed by atoms with Crippen LogP contribution in [-0.4, -0.2) is 21.9 Å². The number of aliphatic hydroxyl groups is 2. The van der Waals surface area contributed by atoms with Crippen molar-refractivity contribution in [2.45, 2.75) is 39.4 Å². The highest BCUT2D eigenvalue weighted by Gasteiger charge is 2.40. The van der Waals surface area contributed by atoms with Crippen LogP contribution in [0.25, 0.3) is 0 Å². The molecule has 0 spiro atoms. The Balaban J connectivity index is 2.99. The Hall–Kier alpha value is -0.600. The summed E-state index contributed by atoms with van der Waals surface area (Å²) in [7, 11) is 0. The van der Waals surface area contributed by atoms with E-state index < -0.39 is 11.7 Å². The second-order valence-electron chi connectivity index (χ2n) is 4.63. The quantitative estimate of drug-likeness (QED) is 0.708. The Morgan fingerprint density at radius 1 is 1.29 bits per heavy atom. The number of hydrogen-bond donors (Lipinski definition) is 2. The molecule has 0 heterocycles. The van der Waals surface area contributed by atoms with Gasteiger partial charge in [-0.15, -0.1) is 0 Å². The summed E-state index contributed by atoms with van der Waals surface area (Å²) in [5.41, 5.74) is -0.197. The maximum absolute atomic E-state index is 10.3. The summed E-state index contributed by atoms with van der Waals surface area (Å²) >= 11 is 0. The van der Waals surface area contributed by atoms with Crippen molar-refractivity contribution in [2.75, 3.05) is 0 Å². The van der Waals surface area contributed by atoms with E-state index >= 15 is 0 Å². The molecule has 1 aliphatic rings. The molecule has 2 atom stereocenters. The van der Waals surface area contributed by atoms with Crippen molar-refractivity contribution >= 4 is 0 Å². The third kappa shape index (κ3) is 1.77. The van der Waals surface area contributed by atoms with E-state index in [0.29, 0.717) is 0 Å². The first-order valence-electron chi connectivity index (χ1n) is 5.19. The van der Waals surface area contributed by atoms with Gasteiger partial charge in [-0.2, -0.15) is 0 Å². The molecule has 80 valence electrons. The van der Waals surface area contributed by atoms with Crippen molar-refractivity contribution < 1.29 is 10.2 Å². The lowest BCUT2D eigenvalue weighted by Gasteiger charge is -2.38. The number of hydrogen-bond acceptors (Lipinski definition) is 2. The average molecular weight is 196 g/mol. The van der Waals surface area contributed by atoms with E-state index in [4.69, 9.17) is 0 Å². The van der Waals surface area contributed by atoms with Crippen LogP contribution in [0.1, 0.15) is 27.7 Å². The monoisotopic (exact) mass is 196 g/mol. The van der Waals surface area contributed by atoms with E-state index in [1.165, 1.54) is 0 Å². The third-order valence-corrected chi connectivity index (χ3v) is 3.00. The van der Waals surface area contributed by atoms with Gasteiger partial charge in [-0.05, 0) is 23.5 Å². The number of aliphatic hydroxyl groups excluding tert-OH is 1. The van der Waals surface area contributed by atoms with Gasteiger partial charge in [0, 0.05) is 0 Å². The van der Waals surface area contributed by atoms with E-state index in [9.17, 15) is 10.2 Å². The molecule has 0 aliphatic heterocycles. The Labute approximate surface area is 86.0 Å². The van der Waals surface area contributed by atoms with E-state index in [0.717, 1.165) is 5.57 Å². The molecule has 0 saturated heterocycles. The molecule has 0 aromatic carbocycles. The predicted molar refractivity (Wildman–Crippen MR) is 57.9 cm³/mol. The first kappa shape index (κ1) is 11.5. The van der Waals surface area contributed by atoms with E-state index in [1.807, 2.05) is 39.8 Å². The molecule has 1 rings (SSSR count). The summed E-state index contributed by atoms with van der Waals surface area (Å²) in [4.78, 5) is 0. The van der Waals surface area contributed by atoms with Gasteiger partial charge in [0.1, 0.15) is 11.7 Å². The zero-order chi connectivity index (χ0) is 10.9. The van der Waals surface area contributed by atoms with Crippen molar-refractivity contribution in [3.63, 3.8) is 0 Å². The Kier molecular flexibility index (Phi) is 3.17. The van der Waals surface area contributed by atoms with Crippen molar-refractivity contribution in [2.24, 2.45) is 11.8 Å². The molecule has 0 bridgehead atoms. The van der Waals surface area contributed by atoms with Gasteiger partial charge in [-0.25, -0.2) is 0 Å². The normalized spacial score (nSPS) is 32.6. The van der Waals surface area contributed by atoms with Crippen molar-refractivity contribution in [1.82, 2.24) is 0 Å². The summed E-state index contributed by atoms with van der Waals surface area (Å²) in [5.74, 6) is 0.274. The van der Waals surface area contributed by atoms with Gasteiger partial charge < -0.3 is 10.2 Å². The molecule has 2 N–H and O–H groups in total. The molecule has 14 heavy (non-hydrogen) atoms. The van der Waals surface area contributed by atoms with E-state index in [2.05, 4.69) is 0 Å². The fraction of sp³-hybridized carbons (Fsp3) is 0.667. The standard InChI is InChI=1S/C12H20O2/c1-8(2)10-6-5-7-12(14,9(3)4)11(10)13/h5-9,11,13-14H,1-4H3. The highest BCUT2D eigenvalue weighted by Crippen LogP contribution is 2.33. The third-order valence-electron chi connectivity index (χ3n) is 3.00. The van der Waals surface area contributed by atoms with Gasteiger partial charge in [0.15, 0.2) is 0 Å². The zero-order valence-electron chi connectivity index (χ0n) is 9.36. The van der Waals surface area contributed by atoms with Gasteiger partial charge in [-0.1, -0.05) is 39.8 Å². The average Bonchev–Trinajstić information content (AvgIpc) is 2.09. The summed E-state index contributed by atoms with van der Waals surface area (Å²) in [5, 5.41) is 20.3. The van der Waals surface area contributed by atoms with Crippen LogP contribution in [0.15, 0.2) is 23.8 Å². The lowest BCUT2D eigenvalue weighted by atomic mass is 9.76.